The second kappa shape index (κ2) is 8.82. The summed E-state index contributed by atoms with van der Waals surface area (Å²) in [5.74, 6) is 0.575. The molecule has 30 heavy (non-hydrogen) atoms. The Bertz CT molecular complexity index is 1160. The largest absolute Gasteiger partial charge is 0.484 e. The van der Waals surface area contributed by atoms with Crippen LogP contribution in [0.1, 0.15) is 17.0 Å². The summed E-state index contributed by atoms with van der Waals surface area (Å²) >= 11 is 0. The molecule has 0 aliphatic heterocycles. The van der Waals surface area contributed by atoms with Crippen molar-refractivity contribution in [1.82, 2.24) is 15.1 Å². The first-order valence-electron chi connectivity index (χ1n) is 10.1. The van der Waals surface area contributed by atoms with Crippen LogP contribution >= 0.6 is 0 Å². The van der Waals surface area contributed by atoms with Gasteiger partial charge in [-0.05, 0) is 66.9 Å². The van der Waals surface area contributed by atoms with E-state index in [-0.39, 0.29) is 12.5 Å². The molecule has 0 atom stereocenters. The van der Waals surface area contributed by atoms with Crippen molar-refractivity contribution < 1.29 is 9.53 Å². The maximum atomic E-state index is 12.1. The van der Waals surface area contributed by atoms with Crippen molar-refractivity contribution >= 4 is 16.7 Å². The number of amides is 1. The molecule has 1 aromatic heterocycles. The predicted molar refractivity (Wildman–Crippen MR) is 119 cm³/mol. The molecule has 4 rings (SSSR count). The third-order valence-electron chi connectivity index (χ3n) is 5.02. The highest BCUT2D eigenvalue weighted by atomic mass is 16.5. The minimum atomic E-state index is -0.123. The molecule has 5 nitrogen and oxygen atoms in total. The number of nitrogens with one attached hydrogen (secondary N) is 1. The van der Waals surface area contributed by atoms with Crippen LogP contribution in [0.15, 0.2) is 72.8 Å². The van der Waals surface area contributed by atoms with Crippen LogP contribution in [-0.2, 0) is 11.2 Å². The lowest BCUT2D eigenvalue weighted by Crippen LogP contribution is -2.30. The van der Waals surface area contributed by atoms with Gasteiger partial charge in [-0.2, -0.15) is 5.10 Å². The van der Waals surface area contributed by atoms with Gasteiger partial charge in [0.05, 0.1) is 11.4 Å². The summed E-state index contributed by atoms with van der Waals surface area (Å²) in [7, 11) is 0. The SMILES string of the molecule is Cc1cc(C)n(-c2ccc(CCNC(=O)COc3ccc4ccccc4c3)cc2)n1. The fourth-order valence-corrected chi connectivity index (χ4v) is 3.50. The molecule has 1 N–H and O–H groups in total. The molecule has 0 aliphatic rings. The number of carbonyl (C=O) groups is 1. The first kappa shape index (κ1) is 19.7. The highest BCUT2D eigenvalue weighted by Crippen LogP contribution is 2.20. The number of ether oxygens (including phenoxy) is 1. The summed E-state index contributed by atoms with van der Waals surface area (Å²) in [6.45, 7) is 4.61. The quantitative estimate of drug-likeness (QED) is 0.502. The van der Waals surface area contributed by atoms with E-state index in [2.05, 4.69) is 46.8 Å². The number of nitrogens with zero attached hydrogens (tertiary/aromatic N) is 2. The van der Waals surface area contributed by atoms with Gasteiger partial charge in [0.25, 0.3) is 5.91 Å². The number of hydrogen-bond acceptors (Lipinski definition) is 3. The number of fused-ring (bicyclic) bond motifs is 1. The highest BCUT2D eigenvalue weighted by molar-refractivity contribution is 5.84. The van der Waals surface area contributed by atoms with Gasteiger partial charge in [-0.25, -0.2) is 4.68 Å². The lowest BCUT2D eigenvalue weighted by atomic mass is 10.1. The van der Waals surface area contributed by atoms with Crippen LogP contribution in [0.25, 0.3) is 16.5 Å². The van der Waals surface area contributed by atoms with Gasteiger partial charge in [-0.15, -0.1) is 0 Å². The molecule has 5 heteroatoms. The molecule has 1 amide bonds. The third-order valence-corrected chi connectivity index (χ3v) is 5.02. The van der Waals surface area contributed by atoms with Crippen molar-refractivity contribution in [2.24, 2.45) is 0 Å². The van der Waals surface area contributed by atoms with E-state index in [0.29, 0.717) is 12.3 Å². The topological polar surface area (TPSA) is 56.2 Å². The van der Waals surface area contributed by atoms with Gasteiger partial charge in [0.15, 0.2) is 6.61 Å². The second-order valence-corrected chi connectivity index (χ2v) is 7.40. The van der Waals surface area contributed by atoms with E-state index in [4.69, 9.17) is 4.74 Å². The Morgan fingerprint density at radius 2 is 1.73 bits per heavy atom. The van der Waals surface area contributed by atoms with Gasteiger partial charge in [-0.3, -0.25) is 4.79 Å². The van der Waals surface area contributed by atoms with Crippen LogP contribution in [0.4, 0.5) is 0 Å². The summed E-state index contributed by atoms with van der Waals surface area (Å²) in [5.41, 5.74) is 4.32. The number of aromatic nitrogens is 2. The Hall–Kier alpha value is -3.60. The third kappa shape index (κ3) is 4.69. The van der Waals surface area contributed by atoms with E-state index in [1.807, 2.05) is 54.9 Å². The van der Waals surface area contributed by atoms with Crippen molar-refractivity contribution in [3.8, 4) is 11.4 Å². The molecule has 152 valence electrons. The van der Waals surface area contributed by atoms with E-state index in [0.717, 1.165) is 39.8 Å². The molecule has 4 aromatic rings. The summed E-state index contributed by atoms with van der Waals surface area (Å²) < 4.78 is 7.57. The van der Waals surface area contributed by atoms with Crippen molar-refractivity contribution in [1.29, 1.82) is 0 Å². The van der Waals surface area contributed by atoms with E-state index >= 15 is 0 Å². The normalized spacial score (nSPS) is 10.9. The fraction of sp³-hybridized carbons (Fsp3) is 0.200. The van der Waals surface area contributed by atoms with Crippen molar-refractivity contribution in [3.05, 3.63) is 89.7 Å². The smallest absolute Gasteiger partial charge is 0.257 e. The zero-order valence-corrected chi connectivity index (χ0v) is 17.3. The van der Waals surface area contributed by atoms with Crippen LogP contribution in [0, 0.1) is 13.8 Å². The first-order valence-corrected chi connectivity index (χ1v) is 10.1. The van der Waals surface area contributed by atoms with E-state index in [9.17, 15) is 4.79 Å². The number of benzene rings is 3. The van der Waals surface area contributed by atoms with Crippen LogP contribution in [-0.4, -0.2) is 28.8 Å². The minimum absolute atomic E-state index is 0.00913. The number of carbonyl (C=O) groups excluding carboxylic acids is 1. The van der Waals surface area contributed by atoms with E-state index < -0.39 is 0 Å². The van der Waals surface area contributed by atoms with Crippen LogP contribution in [0.3, 0.4) is 0 Å². The summed E-state index contributed by atoms with van der Waals surface area (Å²) in [6, 6.07) is 24.2. The summed E-state index contributed by atoms with van der Waals surface area (Å²) in [4.78, 5) is 12.1. The molecule has 0 spiro atoms. The molecule has 0 unspecified atom stereocenters. The van der Waals surface area contributed by atoms with Gasteiger partial charge in [0.2, 0.25) is 0 Å². The van der Waals surface area contributed by atoms with Gasteiger partial charge >= 0.3 is 0 Å². The Labute approximate surface area is 176 Å². The van der Waals surface area contributed by atoms with Crippen molar-refractivity contribution in [2.45, 2.75) is 20.3 Å². The zero-order chi connectivity index (χ0) is 20.9. The molecule has 0 fully saturated rings. The molecule has 0 saturated heterocycles. The number of hydrogen-bond donors (Lipinski definition) is 1. The molecule has 1 heterocycles. The number of aryl methyl sites for hydroxylation is 2. The lowest BCUT2D eigenvalue weighted by Gasteiger charge is -2.09. The Morgan fingerprint density at radius 3 is 2.47 bits per heavy atom. The standard InChI is InChI=1S/C25H25N3O2/c1-18-15-19(2)28(27-18)23-10-7-20(8-11-23)13-14-26-25(29)17-30-24-12-9-21-5-3-4-6-22(21)16-24/h3-12,15-16H,13-14,17H2,1-2H3,(H,26,29). The number of rotatable bonds is 7. The molecule has 3 aromatic carbocycles. The Balaban J connectivity index is 1.24. The molecule has 0 saturated carbocycles. The average molecular weight is 399 g/mol. The van der Waals surface area contributed by atoms with Crippen LogP contribution in [0.2, 0.25) is 0 Å². The molecule has 0 bridgehead atoms. The summed E-state index contributed by atoms with van der Waals surface area (Å²) in [5, 5.41) is 9.67. The second-order valence-electron chi connectivity index (χ2n) is 7.40. The molecule has 0 radical (unpaired) electrons. The summed E-state index contributed by atoms with van der Waals surface area (Å²) in [6.07, 6.45) is 0.763. The van der Waals surface area contributed by atoms with Gasteiger partial charge in [0.1, 0.15) is 5.75 Å². The van der Waals surface area contributed by atoms with Gasteiger partial charge in [0, 0.05) is 12.2 Å². The molecule has 0 aliphatic carbocycles. The monoisotopic (exact) mass is 399 g/mol. The zero-order valence-electron chi connectivity index (χ0n) is 17.3. The Kier molecular flexibility index (Phi) is 5.80. The highest BCUT2D eigenvalue weighted by Gasteiger charge is 2.05. The molecular weight excluding hydrogens is 374 g/mol. The van der Waals surface area contributed by atoms with Crippen molar-refractivity contribution in [3.63, 3.8) is 0 Å². The fourth-order valence-electron chi connectivity index (χ4n) is 3.50. The van der Waals surface area contributed by atoms with Gasteiger partial charge < -0.3 is 10.1 Å². The lowest BCUT2D eigenvalue weighted by molar-refractivity contribution is -0.123. The Morgan fingerprint density at radius 1 is 0.967 bits per heavy atom. The molecular formula is C25H25N3O2. The van der Waals surface area contributed by atoms with Crippen molar-refractivity contribution in [2.75, 3.05) is 13.2 Å². The predicted octanol–water partition coefficient (Wildman–Crippen LogP) is 4.38. The van der Waals surface area contributed by atoms with E-state index in [1.165, 1.54) is 0 Å². The van der Waals surface area contributed by atoms with Crippen LogP contribution in [0.5, 0.6) is 5.75 Å². The maximum absolute atomic E-state index is 12.1. The first-order chi connectivity index (χ1) is 14.6. The van der Waals surface area contributed by atoms with E-state index in [1.54, 1.807) is 0 Å². The maximum Gasteiger partial charge on any atom is 0.257 e. The minimum Gasteiger partial charge on any atom is -0.484 e. The average Bonchev–Trinajstić information content (AvgIpc) is 3.10. The van der Waals surface area contributed by atoms with Crippen LogP contribution < -0.4 is 10.1 Å². The van der Waals surface area contributed by atoms with Gasteiger partial charge in [-0.1, -0.05) is 42.5 Å².